The minimum Gasteiger partial charge on any atom is -0.369 e. The largest absolute Gasteiger partial charge is 0.369 e. The summed E-state index contributed by atoms with van der Waals surface area (Å²) in [5.41, 5.74) is 0.755. The van der Waals surface area contributed by atoms with Crippen LogP contribution in [-0.4, -0.2) is 31.7 Å². The molecule has 6 nitrogen and oxygen atoms in total. The van der Waals surface area contributed by atoms with Gasteiger partial charge in [0.25, 0.3) is 0 Å². The van der Waals surface area contributed by atoms with Gasteiger partial charge in [-0.15, -0.1) is 0 Å². The second-order valence-electron chi connectivity index (χ2n) is 3.90. The lowest BCUT2D eigenvalue weighted by molar-refractivity contribution is 0.642. The fourth-order valence-electron chi connectivity index (χ4n) is 1.16. The Morgan fingerprint density at radius 3 is 2.25 bits per heavy atom. The number of benzene rings is 1. The van der Waals surface area contributed by atoms with E-state index in [2.05, 4.69) is 15.3 Å². The monoisotopic (exact) mass is 266 g/mol. The number of anilines is 1. The van der Waals surface area contributed by atoms with Gasteiger partial charge < -0.3 is 10.2 Å². The van der Waals surface area contributed by atoms with Crippen molar-refractivity contribution in [2.24, 2.45) is 9.98 Å². The first-order valence-electron chi connectivity index (χ1n) is 5.76. The molecule has 1 N–H and O–H groups in total. The van der Waals surface area contributed by atoms with E-state index in [-0.39, 0.29) is 11.4 Å². The maximum Gasteiger partial charge on any atom is 0.178 e. The van der Waals surface area contributed by atoms with Crippen molar-refractivity contribution in [2.75, 3.05) is 19.4 Å². The van der Waals surface area contributed by atoms with Crippen LogP contribution in [0.2, 0.25) is 0 Å². The minimum atomic E-state index is -0.0472. The third kappa shape index (κ3) is 5.03. The Morgan fingerprint density at radius 1 is 1.10 bits per heavy atom. The van der Waals surface area contributed by atoms with Gasteiger partial charge in [0.2, 0.25) is 0 Å². The first-order chi connectivity index (χ1) is 9.67. The SMILES string of the molecule is CN(C)C=N/C(C#N)=C(/C#N)N=CNc1ccccc1. The molecule has 0 aliphatic rings. The van der Waals surface area contributed by atoms with Crippen LogP contribution in [0.1, 0.15) is 0 Å². The summed E-state index contributed by atoms with van der Waals surface area (Å²) in [6.07, 6.45) is 2.80. The molecule has 1 rings (SSSR count). The predicted octanol–water partition coefficient (Wildman–Crippen LogP) is 1.98. The van der Waals surface area contributed by atoms with Crippen LogP contribution < -0.4 is 5.32 Å². The summed E-state index contributed by atoms with van der Waals surface area (Å²) >= 11 is 0. The van der Waals surface area contributed by atoms with Gasteiger partial charge in [-0.05, 0) is 12.1 Å². The van der Waals surface area contributed by atoms with Gasteiger partial charge >= 0.3 is 0 Å². The molecule has 0 fully saturated rings. The van der Waals surface area contributed by atoms with Crippen LogP contribution in [0.15, 0.2) is 51.7 Å². The highest BCUT2D eigenvalue weighted by atomic mass is 15.1. The molecule has 20 heavy (non-hydrogen) atoms. The van der Waals surface area contributed by atoms with Gasteiger partial charge in [-0.2, -0.15) is 10.5 Å². The summed E-state index contributed by atoms with van der Waals surface area (Å²) in [7, 11) is 3.54. The van der Waals surface area contributed by atoms with Crippen molar-refractivity contribution in [1.82, 2.24) is 4.90 Å². The Kier molecular flexibility index (Phi) is 6.02. The van der Waals surface area contributed by atoms with E-state index in [1.807, 2.05) is 42.5 Å². The first kappa shape index (κ1) is 14.9. The Morgan fingerprint density at radius 2 is 1.70 bits per heavy atom. The van der Waals surface area contributed by atoms with Crippen molar-refractivity contribution in [3.8, 4) is 12.1 Å². The number of rotatable bonds is 5. The second-order valence-corrected chi connectivity index (χ2v) is 3.90. The highest BCUT2D eigenvalue weighted by Gasteiger charge is 2.02. The Labute approximate surface area is 118 Å². The van der Waals surface area contributed by atoms with Gasteiger partial charge in [-0.1, -0.05) is 18.2 Å². The molecule has 0 saturated carbocycles. The van der Waals surface area contributed by atoms with Crippen LogP contribution in [0, 0.1) is 22.7 Å². The first-order valence-corrected chi connectivity index (χ1v) is 5.76. The van der Waals surface area contributed by atoms with Crippen molar-refractivity contribution in [1.29, 1.82) is 10.5 Å². The van der Waals surface area contributed by atoms with Gasteiger partial charge in [0.1, 0.15) is 12.1 Å². The van der Waals surface area contributed by atoms with Crippen molar-refractivity contribution in [3.05, 3.63) is 41.7 Å². The zero-order valence-corrected chi connectivity index (χ0v) is 11.3. The highest BCUT2D eigenvalue weighted by molar-refractivity contribution is 5.76. The number of hydrogen-bond acceptors (Lipinski definition) is 4. The molecule has 6 heteroatoms. The molecule has 0 unspecified atom stereocenters. The number of aliphatic imine (C=N–C) groups is 2. The van der Waals surface area contributed by atoms with Crippen LogP contribution in [0.25, 0.3) is 0 Å². The molecule has 0 atom stereocenters. The molecule has 1 aromatic rings. The second kappa shape index (κ2) is 8.06. The summed E-state index contributed by atoms with van der Waals surface area (Å²) in [5, 5.41) is 20.9. The van der Waals surface area contributed by atoms with Crippen LogP contribution in [0.5, 0.6) is 0 Å². The van der Waals surface area contributed by atoms with E-state index in [1.54, 1.807) is 19.0 Å². The number of nitrogens with zero attached hydrogens (tertiary/aromatic N) is 5. The lowest BCUT2D eigenvalue weighted by atomic mass is 10.3. The molecular weight excluding hydrogens is 252 g/mol. The topological polar surface area (TPSA) is 87.6 Å². The molecule has 0 heterocycles. The van der Waals surface area contributed by atoms with E-state index in [4.69, 9.17) is 10.5 Å². The van der Waals surface area contributed by atoms with E-state index in [0.29, 0.717) is 0 Å². The molecule has 100 valence electrons. The van der Waals surface area contributed by atoms with Crippen molar-refractivity contribution in [2.45, 2.75) is 0 Å². The zero-order chi connectivity index (χ0) is 14.8. The molecule has 0 amide bonds. The minimum absolute atomic E-state index is 0.0349. The summed E-state index contributed by atoms with van der Waals surface area (Å²) in [4.78, 5) is 9.47. The number of para-hydroxylation sites is 1. The van der Waals surface area contributed by atoms with Gasteiger partial charge in [0.15, 0.2) is 11.4 Å². The fourth-order valence-corrected chi connectivity index (χ4v) is 1.16. The maximum atomic E-state index is 9.00. The molecule has 0 spiro atoms. The number of nitriles is 2. The van der Waals surface area contributed by atoms with E-state index in [9.17, 15) is 0 Å². The molecule has 0 aliphatic carbocycles. The molecule has 1 aromatic carbocycles. The smallest absolute Gasteiger partial charge is 0.178 e. The third-order valence-electron chi connectivity index (χ3n) is 2.05. The van der Waals surface area contributed by atoms with Crippen LogP contribution in [-0.2, 0) is 0 Å². The average Bonchev–Trinajstić information content (AvgIpc) is 2.46. The summed E-state index contributed by atoms with van der Waals surface area (Å²) in [6, 6.07) is 13.1. The van der Waals surface area contributed by atoms with Crippen LogP contribution >= 0.6 is 0 Å². The Balaban J connectivity index is 2.85. The normalized spacial score (nSPS) is 11.8. The van der Waals surface area contributed by atoms with E-state index < -0.39 is 0 Å². The van der Waals surface area contributed by atoms with E-state index in [1.165, 1.54) is 12.7 Å². The molecular formula is C14H14N6. The van der Waals surface area contributed by atoms with Crippen LogP contribution in [0.3, 0.4) is 0 Å². The highest BCUT2D eigenvalue weighted by Crippen LogP contribution is 2.07. The lowest BCUT2D eigenvalue weighted by Gasteiger charge is -2.01. The Bertz CT molecular complexity index is 599. The van der Waals surface area contributed by atoms with Gasteiger partial charge in [-0.25, -0.2) is 9.98 Å². The maximum absolute atomic E-state index is 9.00. The summed E-state index contributed by atoms with van der Waals surface area (Å²) in [6.45, 7) is 0. The fraction of sp³-hybridized carbons (Fsp3) is 0.143. The average molecular weight is 266 g/mol. The van der Waals surface area contributed by atoms with Gasteiger partial charge in [0, 0.05) is 19.8 Å². The summed E-state index contributed by atoms with van der Waals surface area (Å²) in [5.74, 6) is 0. The van der Waals surface area contributed by atoms with Crippen molar-refractivity contribution < 1.29 is 0 Å². The number of nitrogens with one attached hydrogen (secondary N) is 1. The summed E-state index contributed by atoms with van der Waals surface area (Å²) < 4.78 is 0. The molecule has 0 aromatic heterocycles. The number of allylic oxidation sites excluding steroid dienone is 2. The van der Waals surface area contributed by atoms with Gasteiger partial charge in [-0.3, -0.25) is 0 Å². The van der Waals surface area contributed by atoms with E-state index >= 15 is 0 Å². The third-order valence-corrected chi connectivity index (χ3v) is 2.05. The van der Waals surface area contributed by atoms with Crippen molar-refractivity contribution in [3.63, 3.8) is 0 Å². The standard InChI is InChI=1S/C14H14N6/c1-20(2)11-19-14(9-16)13(8-15)18-10-17-12-6-4-3-5-7-12/h3-7,10-11H,1-2H3,(H,17,18)/b14-13-,19-11?. The lowest BCUT2D eigenvalue weighted by Crippen LogP contribution is -2.07. The zero-order valence-electron chi connectivity index (χ0n) is 11.3. The number of hydrogen-bond donors (Lipinski definition) is 1. The van der Waals surface area contributed by atoms with E-state index in [0.717, 1.165) is 5.69 Å². The van der Waals surface area contributed by atoms with Crippen molar-refractivity contribution >= 4 is 18.4 Å². The molecule has 0 aliphatic heterocycles. The van der Waals surface area contributed by atoms with Gasteiger partial charge in [0.05, 0.1) is 12.7 Å². The Hall–Kier alpha value is -3.12. The predicted molar refractivity (Wildman–Crippen MR) is 79.0 cm³/mol. The van der Waals surface area contributed by atoms with Crippen LogP contribution in [0.4, 0.5) is 5.69 Å². The molecule has 0 saturated heterocycles. The quantitative estimate of drug-likeness (QED) is 0.501. The molecule has 0 radical (unpaired) electrons. The molecule has 0 bridgehead atoms.